The van der Waals surface area contributed by atoms with Crippen LogP contribution in [0.5, 0.6) is 0 Å². The maximum atomic E-state index is 6.17. The van der Waals surface area contributed by atoms with E-state index in [0.29, 0.717) is 0 Å². The number of furan rings is 1. The fourth-order valence-corrected chi connectivity index (χ4v) is 8.78. The van der Waals surface area contributed by atoms with Crippen molar-refractivity contribution in [3.05, 3.63) is 170 Å². The molecule has 2 aromatic heterocycles. The molecule has 0 spiro atoms. The smallest absolute Gasteiger partial charge is 0.135 e. The van der Waals surface area contributed by atoms with Crippen molar-refractivity contribution in [2.24, 2.45) is 0 Å². The minimum atomic E-state index is 0.921. The van der Waals surface area contributed by atoms with E-state index in [1.165, 1.54) is 75.5 Å². The molecule has 0 saturated carbocycles. The zero-order chi connectivity index (χ0) is 31.6. The van der Waals surface area contributed by atoms with Crippen LogP contribution in [0.25, 0.3) is 97.4 Å². The molecule has 10 aromatic rings. The van der Waals surface area contributed by atoms with Crippen molar-refractivity contribution in [3.8, 4) is 43.8 Å². The zero-order valence-electron chi connectivity index (χ0n) is 26.0. The number of para-hydroxylation sites is 1. The fraction of sp³-hybridized carbons (Fsp3) is 0. The highest BCUT2D eigenvalue weighted by Gasteiger charge is 2.19. The molecule has 0 aliphatic carbocycles. The first-order valence-corrected chi connectivity index (χ1v) is 17.2. The van der Waals surface area contributed by atoms with Crippen LogP contribution in [-0.2, 0) is 0 Å². The summed E-state index contributed by atoms with van der Waals surface area (Å²) in [6.07, 6.45) is 0. The normalized spacial score (nSPS) is 11.8. The first-order chi connectivity index (χ1) is 23.8. The van der Waals surface area contributed by atoms with E-state index in [1.54, 1.807) is 0 Å². The van der Waals surface area contributed by atoms with E-state index >= 15 is 0 Å². The zero-order valence-corrected chi connectivity index (χ0v) is 26.8. The number of benzene rings is 8. The molecule has 0 radical (unpaired) electrons. The molecule has 0 aliphatic heterocycles. The summed E-state index contributed by atoms with van der Waals surface area (Å²) in [4.78, 5) is 1.28. The standard InChI is InChI=1S/C46H28OS/c1-2-12-29(13-3-1)43-34-15-4-6-17-36(34)44(37-18-7-5-16-35(37)43)30-22-24-31(25-23-30)45-38-19-9-11-21-42(38)48-46(45)32-26-27-41-39(28-32)33-14-8-10-20-40(33)47-41/h1-28H. The van der Waals surface area contributed by atoms with Gasteiger partial charge in [0.1, 0.15) is 11.2 Å². The van der Waals surface area contributed by atoms with E-state index in [1.807, 2.05) is 23.5 Å². The lowest BCUT2D eigenvalue weighted by Gasteiger charge is -2.18. The van der Waals surface area contributed by atoms with Crippen molar-refractivity contribution < 1.29 is 4.42 Å². The predicted molar refractivity (Wildman–Crippen MR) is 206 cm³/mol. The van der Waals surface area contributed by atoms with Crippen molar-refractivity contribution in [2.75, 3.05) is 0 Å². The summed E-state index contributed by atoms with van der Waals surface area (Å²) >= 11 is 1.86. The minimum absolute atomic E-state index is 0.921. The van der Waals surface area contributed by atoms with E-state index in [9.17, 15) is 0 Å². The van der Waals surface area contributed by atoms with Crippen LogP contribution in [-0.4, -0.2) is 0 Å². The third kappa shape index (κ3) is 4.17. The maximum absolute atomic E-state index is 6.17. The number of fused-ring (bicyclic) bond motifs is 6. The van der Waals surface area contributed by atoms with Crippen LogP contribution in [0.15, 0.2) is 174 Å². The second-order valence-corrected chi connectivity index (χ2v) is 13.4. The van der Waals surface area contributed by atoms with Crippen LogP contribution in [0.4, 0.5) is 0 Å². The third-order valence-corrected chi connectivity index (χ3v) is 10.9. The lowest BCUT2D eigenvalue weighted by atomic mass is 9.85. The molecule has 2 heteroatoms. The van der Waals surface area contributed by atoms with Gasteiger partial charge in [-0.25, -0.2) is 0 Å². The van der Waals surface area contributed by atoms with E-state index < -0.39 is 0 Å². The van der Waals surface area contributed by atoms with Crippen molar-refractivity contribution in [3.63, 3.8) is 0 Å². The van der Waals surface area contributed by atoms with Crippen LogP contribution in [0, 0.1) is 0 Å². The largest absolute Gasteiger partial charge is 0.456 e. The lowest BCUT2D eigenvalue weighted by Crippen LogP contribution is -1.90. The van der Waals surface area contributed by atoms with Gasteiger partial charge in [-0.15, -0.1) is 11.3 Å². The Kier molecular flexibility index (Phi) is 6.12. The number of hydrogen-bond donors (Lipinski definition) is 0. The molecule has 0 atom stereocenters. The Morgan fingerprint density at radius 3 is 1.42 bits per heavy atom. The highest BCUT2D eigenvalue weighted by molar-refractivity contribution is 7.23. The quantitative estimate of drug-likeness (QED) is 0.177. The summed E-state index contributed by atoms with van der Waals surface area (Å²) in [6.45, 7) is 0. The summed E-state index contributed by atoms with van der Waals surface area (Å²) in [6, 6.07) is 61.5. The number of hydrogen-bond acceptors (Lipinski definition) is 2. The Balaban J connectivity index is 1.17. The van der Waals surface area contributed by atoms with Crippen molar-refractivity contribution >= 4 is 64.9 Å². The highest BCUT2D eigenvalue weighted by Crippen LogP contribution is 2.48. The number of thiophene rings is 1. The molecule has 1 nitrogen and oxygen atoms in total. The third-order valence-electron chi connectivity index (χ3n) is 9.69. The lowest BCUT2D eigenvalue weighted by molar-refractivity contribution is 0.669. The molecule has 224 valence electrons. The molecule has 10 rings (SSSR count). The minimum Gasteiger partial charge on any atom is -0.456 e. The average Bonchev–Trinajstić information content (AvgIpc) is 3.73. The van der Waals surface area contributed by atoms with E-state index in [0.717, 1.165) is 21.9 Å². The Bertz CT molecular complexity index is 2760. The van der Waals surface area contributed by atoms with Crippen LogP contribution >= 0.6 is 11.3 Å². The van der Waals surface area contributed by atoms with E-state index in [4.69, 9.17) is 4.42 Å². The first kappa shape index (κ1) is 27.2. The van der Waals surface area contributed by atoms with Crippen molar-refractivity contribution in [2.45, 2.75) is 0 Å². The highest BCUT2D eigenvalue weighted by atomic mass is 32.1. The topological polar surface area (TPSA) is 13.1 Å². The molecule has 0 amide bonds. The molecule has 8 aromatic carbocycles. The molecular weight excluding hydrogens is 601 g/mol. The van der Waals surface area contributed by atoms with Gasteiger partial charge in [-0.3, -0.25) is 0 Å². The molecule has 0 N–H and O–H groups in total. The molecule has 0 fully saturated rings. The van der Waals surface area contributed by atoms with Crippen molar-refractivity contribution in [1.29, 1.82) is 0 Å². The van der Waals surface area contributed by atoms with Gasteiger partial charge in [0, 0.05) is 31.3 Å². The van der Waals surface area contributed by atoms with Crippen LogP contribution in [0.3, 0.4) is 0 Å². The van der Waals surface area contributed by atoms with Gasteiger partial charge in [-0.1, -0.05) is 140 Å². The molecule has 0 bridgehead atoms. The van der Waals surface area contributed by atoms with Gasteiger partial charge in [-0.05, 0) is 85.3 Å². The maximum Gasteiger partial charge on any atom is 0.135 e. The van der Waals surface area contributed by atoms with Gasteiger partial charge in [0.25, 0.3) is 0 Å². The first-order valence-electron chi connectivity index (χ1n) is 16.3. The van der Waals surface area contributed by atoms with Gasteiger partial charge >= 0.3 is 0 Å². The summed E-state index contributed by atoms with van der Waals surface area (Å²) in [7, 11) is 0. The number of rotatable bonds is 4. The predicted octanol–water partition coefficient (Wildman–Crippen LogP) is 13.8. The second kappa shape index (κ2) is 10.8. The summed E-state index contributed by atoms with van der Waals surface area (Å²) < 4.78 is 7.46. The van der Waals surface area contributed by atoms with Gasteiger partial charge in [-0.2, -0.15) is 0 Å². The molecule has 0 unspecified atom stereocenters. The average molecular weight is 629 g/mol. The Morgan fingerprint density at radius 1 is 0.312 bits per heavy atom. The molecule has 48 heavy (non-hydrogen) atoms. The summed E-state index contributed by atoms with van der Waals surface area (Å²) in [5.74, 6) is 0. The molecular formula is C46H28OS. The van der Waals surface area contributed by atoms with Crippen LogP contribution in [0.2, 0.25) is 0 Å². The SMILES string of the molecule is c1ccc(-c2c3ccccc3c(-c3ccc(-c4c(-c5ccc6oc7ccccc7c6c5)sc5ccccc45)cc3)c3ccccc23)cc1. The van der Waals surface area contributed by atoms with E-state index in [-0.39, 0.29) is 0 Å². The van der Waals surface area contributed by atoms with Gasteiger partial charge in [0.2, 0.25) is 0 Å². The molecule has 0 saturated heterocycles. The van der Waals surface area contributed by atoms with Gasteiger partial charge in [0.05, 0.1) is 0 Å². The summed E-state index contributed by atoms with van der Waals surface area (Å²) in [5.41, 5.74) is 10.6. The fourth-order valence-electron chi connectivity index (χ4n) is 7.56. The Morgan fingerprint density at radius 2 is 0.771 bits per heavy atom. The summed E-state index contributed by atoms with van der Waals surface area (Å²) in [5, 5.41) is 8.67. The monoisotopic (exact) mass is 628 g/mol. The molecule has 2 heterocycles. The van der Waals surface area contributed by atoms with Crippen LogP contribution in [0.1, 0.15) is 0 Å². The van der Waals surface area contributed by atoms with E-state index in [2.05, 4.69) is 158 Å². The molecule has 0 aliphatic rings. The Labute approximate surface area is 282 Å². The Hall–Kier alpha value is -5.96. The van der Waals surface area contributed by atoms with Gasteiger partial charge in [0.15, 0.2) is 0 Å². The van der Waals surface area contributed by atoms with Gasteiger partial charge < -0.3 is 4.42 Å². The second-order valence-electron chi connectivity index (χ2n) is 12.4. The van der Waals surface area contributed by atoms with Crippen molar-refractivity contribution in [1.82, 2.24) is 0 Å². The van der Waals surface area contributed by atoms with Crippen LogP contribution < -0.4 is 0 Å².